The van der Waals surface area contributed by atoms with Crippen molar-refractivity contribution in [2.24, 2.45) is 5.84 Å². The van der Waals surface area contributed by atoms with E-state index >= 15 is 0 Å². The zero-order valence-electron chi connectivity index (χ0n) is 5.86. The Morgan fingerprint density at radius 2 is 2.36 bits per heavy atom. The number of nitrogens with two attached hydrogens (primary N) is 1. The fraction of sp³-hybridized carbons (Fsp3) is 0. The van der Waals surface area contributed by atoms with Crippen LogP contribution in [-0.2, 0) is 0 Å². The molecule has 4 heteroatoms. The maximum absolute atomic E-state index is 5.27. The topological polar surface area (TPSA) is 55.3 Å². The Kier molecular flexibility index (Phi) is 1.26. The van der Waals surface area contributed by atoms with Gasteiger partial charge in [0.2, 0.25) is 0 Å². The van der Waals surface area contributed by atoms with E-state index in [1.54, 1.807) is 12.4 Å². The van der Waals surface area contributed by atoms with Gasteiger partial charge >= 0.3 is 0 Å². The molecule has 0 radical (unpaired) electrons. The molecule has 0 aliphatic heterocycles. The molecule has 2 heterocycles. The molecule has 0 saturated heterocycles. The smallest absolute Gasteiger partial charge is 0.124 e. The van der Waals surface area contributed by atoms with Crippen molar-refractivity contribution in [2.75, 3.05) is 5.43 Å². The minimum absolute atomic E-state index is 0.863. The van der Waals surface area contributed by atoms with Crippen LogP contribution in [0.1, 0.15) is 0 Å². The third-order valence-corrected chi connectivity index (χ3v) is 1.61. The Hall–Kier alpha value is -1.55. The van der Waals surface area contributed by atoms with Crippen LogP contribution < -0.4 is 11.3 Å². The number of hydrogen-bond acceptors (Lipinski definition) is 3. The van der Waals surface area contributed by atoms with Crippen LogP contribution in [0, 0.1) is 0 Å². The predicted molar refractivity (Wildman–Crippen MR) is 43.0 cm³/mol. The first-order chi connectivity index (χ1) is 5.42. The van der Waals surface area contributed by atoms with Crippen molar-refractivity contribution in [1.29, 1.82) is 0 Å². The zero-order chi connectivity index (χ0) is 7.68. The molecular formula is C7H8N4. The summed E-state index contributed by atoms with van der Waals surface area (Å²) in [7, 11) is 0. The second kappa shape index (κ2) is 2.25. The van der Waals surface area contributed by atoms with Gasteiger partial charge in [0.25, 0.3) is 0 Å². The molecule has 0 aliphatic carbocycles. The highest BCUT2D eigenvalue weighted by atomic mass is 15.3. The van der Waals surface area contributed by atoms with Crippen molar-refractivity contribution in [3.8, 4) is 0 Å². The van der Waals surface area contributed by atoms with Gasteiger partial charge in [-0.2, -0.15) is 0 Å². The third kappa shape index (κ3) is 0.841. The van der Waals surface area contributed by atoms with Crippen LogP contribution in [0.4, 0.5) is 5.82 Å². The predicted octanol–water partition coefficient (Wildman–Crippen LogP) is 0.620. The Morgan fingerprint density at radius 1 is 1.45 bits per heavy atom. The molecule has 11 heavy (non-hydrogen) atoms. The fourth-order valence-electron chi connectivity index (χ4n) is 1.08. The highest BCUT2D eigenvalue weighted by Gasteiger charge is 1.96. The lowest BCUT2D eigenvalue weighted by Gasteiger charge is -1.98. The summed E-state index contributed by atoms with van der Waals surface area (Å²) in [5.74, 6) is 6.13. The van der Waals surface area contributed by atoms with Gasteiger partial charge in [-0.15, -0.1) is 0 Å². The summed E-state index contributed by atoms with van der Waals surface area (Å²) in [6, 6.07) is 3.85. The second-order valence-corrected chi connectivity index (χ2v) is 2.23. The van der Waals surface area contributed by atoms with Gasteiger partial charge in [-0.05, 0) is 12.1 Å². The number of nitrogens with zero attached hydrogens (tertiary/aromatic N) is 2. The van der Waals surface area contributed by atoms with E-state index in [4.69, 9.17) is 5.84 Å². The molecule has 0 atom stereocenters. The van der Waals surface area contributed by atoms with Crippen molar-refractivity contribution in [2.45, 2.75) is 0 Å². The fourth-order valence-corrected chi connectivity index (χ4v) is 1.08. The lowest BCUT2D eigenvalue weighted by Crippen LogP contribution is -2.08. The largest absolute Gasteiger partial charge is 0.310 e. The van der Waals surface area contributed by atoms with Crippen molar-refractivity contribution in [3.63, 3.8) is 0 Å². The highest BCUT2D eigenvalue weighted by molar-refractivity contribution is 5.55. The molecule has 2 aromatic rings. The van der Waals surface area contributed by atoms with E-state index in [1.165, 1.54) is 0 Å². The van der Waals surface area contributed by atoms with Crippen molar-refractivity contribution < 1.29 is 0 Å². The number of anilines is 1. The number of hydrazine groups is 1. The van der Waals surface area contributed by atoms with Crippen LogP contribution in [0.5, 0.6) is 0 Å². The van der Waals surface area contributed by atoms with Crippen molar-refractivity contribution in [3.05, 3.63) is 30.7 Å². The molecule has 2 aromatic heterocycles. The molecule has 4 nitrogen and oxygen atoms in total. The lowest BCUT2D eigenvalue weighted by molar-refractivity contribution is 1.12. The van der Waals surface area contributed by atoms with Gasteiger partial charge in [0.1, 0.15) is 5.82 Å². The molecule has 0 bridgehead atoms. The summed E-state index contributed by atoms with van der Waals surface area (Å²) in [6.45, 7) is 0. The van der Waals surface area contributed by atoms with Crippen LogP contribution in [0.25, 0.3) is 5.52 Å². The van der Waals surface area contributed by atoms with Crippen LogP contribution in [0.3, 0.4) is 0 Å². The van der Waals surface area contributed by atoms with Crippen LogP contribution in [0.2, 0.25) is 0 Å². The standard InChI is InChI=1S/C7H8N4/c8-10-7-2-1-6-5-9-3-4-11(6)7/h1-5,10H,8H2. The first-order valence-corrected chi connectivity index (χ1v) is 3.29. The Morgan fingerprint density at radius 3 is 3.18 bits per heavy atom. The third-order valence-electron chi connectivity index (χ3n) is 1.61. The number of fused-ring (bicyclic) bond motifs is 1. The molecule has 56 valence electrons. The van der Waals surface area contributed by atoms with Gasteiger partial charge in [0.15, 0.2) is 0 Å². The monoisotopic (exact) mass is 148 g/mol. The van der Waals surface area contributed by atoms with Gasteiger partial charge in [-0.1, -0.05) is 0 Å². The average molecular weight is 148 g/mol. The molecule has 0 aromatic carbocycles. The number of rotatable bonds is 1. The Bertz CT molecular complexity index is 365. The van der Waals surface area contributed by atoms with Gasteiger partial charge in [-0.3, -0.25) is 9.38 Å². The van der Waals surface area contributed by atoms with Gasteiger partial charge < -0.3 is 5.43 Å². The Balaban J connectivity index is 2.76. The highest BCUT2D eigenvalue weighted by Crippen LogP contribution is 2.11. The minimum atomic E-state index is 0.863. The zero-order valence-corrected chi connectivity index (χ0v) is 5.86. The summed E-state index contributed by atoms with van der Waals surface area (Å²) in [4.78, 5) is 3.97. The van der Waals surface area contributed by atoms with Crippen molar-refractivity contribution in [1.82, 2.24) is 9.38 Å². The number of nitrogens with one attached hydrogen (secondary N) is 1. The minimum Gasteiger partial charge on any atom is -0.310 e. The Labute approximate surface area is 63.6 Å². The first kappa shape index (κ1) is 6.18. The number of aromatic nitrogens is 2. The van der Waals surface area contributed by atoms with E-state index in [2.05, 4.69) is 10.4 Å². The molecule has 0 saturated carbocycles. The molecule has 0 aliphatic rings. The van der Waals surface area contributed by atoms with E-state index in [0.29, 0.717) is 0 Å². The number of hydrogen-bond donors (Lipinski definition) is 2. The SMILES string of the molecule is NNc1ccc2cnccn12. The average Bonchev–Trinajstić information content (AvgIpc) is 2.47. The van der Waals surface area contributed by atoms with E-state index < -0.39 is 0 Å². The molecular weight excluding hydrogens is 140 g/mol. The van der Waals surface area contributed by atoms with E-state index in [-0.39, 0.29) is 0 Å². The summed E-state index contributed by atoms with van der Waals surface area (Å²) < 4.78 is 1.92. The molecule has 3 N–H and O–H groups in total. The maximum Gasteiger partial charge on any atom is 0.124 e. The normalized spacial score (nSPS) is 10.3. The summed E-state index contributed by atoms with van der Waals surface area (Å²) >= 11 is 0. The summed E-state index contributed by atoms with van der Waals surface area (Å²) in [5.41, 5.74) is 3.61. The van der Waals surface area contributed by atoms with Crippen LogP contribution >= 0.6 is 0 Å². The summed E-state index contributed by atoms with van der Waals surface area (Å²) in [5, 5.41) is 0. The van der Waals surface area contributed by atoms with Crippen molar-refractivity contribution >= 4 is 11.3 Å². The lowest BCUT2D eigenvalue weighted by atomic mass is 10.5. The van der Waals surface area contributed by atoms with Gasteiger partial charge in [0.05, 0.1) is 11.7 Å². The maximum atomic E-state index is 5.27. The van der Waals surface area contributed by atoms with E-state index in [9.17, 15) is 0 Å². The second-order valence-electron chi connectivity index (χ2n) is 2.23. The van der Waals surface area contributed by atoms with Gasteiger partial charge in [0, 0.05) is 12.4 Å². The quantitative estimate of drug-likeness (QED) is 0.460. The molecule has 0 unspecified atom stereocenters. The molecule has 0 amide bonds. The number of nitrogen functional groups attached to an aromatic ring is 1. The molecule has 0 spiro atoms. The van der Waals surface area contributed by atoms with E-state index in [0.717, 1.165) is 11.3 Å². The van der Waals surface area contributed by atoms with E-state index in [1.807, 2.05) is 22.7 Å². The van der Waals surface area contributed by atoms with Crippen LogP contribution in [-0.4, -0.2) is 9.38 Å². The van der Waals surface area contributed by atoms with Crippen LogP contribution in [0.15, 0.2) is 30.7 Å². The molecule has 2 rings (SSSR count). The first-order valence-electron chi connectivity index (χ1n) is 3.29. The summed E-state index contributed by atoms with van der Waals surface area (Å²) in [6.07, 6.45) is 5.35. The van der Waals surface area contributed by atoms with Gasteiger partial charge in [-0.25, -0.2) is 5.84 Å². The molecule has 0 fully saturated rings.